The summed E-state index contributed by atoms with van der Waals surface area (Å²) in [7, 11) is 2.20. The minimum Gasteiger partial charge on any atom is -0.378 e. The van der Waals surface area contributed by atoms with Crippen LogP contribution in [0, 0.1) is 0 Å². The highest BCUT2D eigenvalue weighted by molar-refractivity contribution is 4.98. The maximum absolute atomic E-state index is 2.66. The normalized spacial score (nSPS) is 22.5. The minimum atomic E-state index is 1.11. The zero-order valence-corrected chi connectivity index (χ0v) is 15.8. The Morgan fingerprint density at radius 1 is 0.870 bits per heavy atom. The fourth-order valence-electron chi connectivity index (χ4n) is 3.59. The number of piperazine rings is 1. The van der Waals surface area contributed by atoms with Crippen molar-refractivity contribution < 1.29 is 0 Å². The highest BCUT2D eigenvalue weighted by atomic mass is 15.3. The Labute approximate surface area is 144 Å². The van der Waals surface area contributed by atoms with Crippen LogP contribution in [0.15, 0.2) is 11.8 Å². The molecule has 0 aromatic heterocycles. The second-order valence-electron chi connectivity index (χ2n) is 7.31. The summed E-state index contributed by atoms with van der Waals surface area (Å²) in [4.78, 5) is 10.3. The number of allylic oxidation sites excluding steroid dienone is 1. The van der Waals surface area contributed by atoms with Crippen molar-refractivity contribution in [3.63, 3.8) is 0 Å². The van der Waals surface area contributed by atoms with Crippen molar-refractivity contribution in [2.45, 2.75) is 39.5 Å². The smallest absolute Gasteiger partial charge is 0.0184 e. The summed E-state index contributed by atoms with van der Waals surface area (Å²) in [5, 5.41) is 0. The Kier molecular flexibility index (Phi) is 8.41. The van der Waals surface area contributed by atoms with Gasteiger partial charge in [0.05, 0.1) is 0 Å². The Hall–Kier alpha value is -0.580. The van der Waals surface area contributed by atoms with Crippen LogP contribution in [0.5, 0.6) is 0 Å². The van der Waals surface area contributed by atoms with Gasteiger partial charge in [-0.2, -0.15) is 0 Å². The zero-order valence-electron chi connectivity index (χ0n) is 15.8. The van der Waals surface area contributed by atoms with Gasteiger partial charge in [0.2, 0.25) is 0 Å². The predicted octanol–water partition coefficient (Wildman–Crippen LogP) is 2.34. The van der Waals surface area contributed by atoms with Gasteiger partial charge in [0.25, 0.3) is 0 Å². The number of nitrogens with zero attached hydrogens (tertiary/aromatic N) is 4. The van der Waals surface area contributed by atoms with Crippen molar-refractivity contribution in [2.24, 2.45) is 0 Å². The summed E-state index contributed by atoms with van der Waals surface area (Å²) in [5.74, 6) is 0. The Balaban J connectivity index is 1.60. The van der Waals surface area contributed by atoms with Crippen molar-refractivity contribution in [3.8, 4) is 0 Å². The summed E-state index contributed by atoms with van der Waals surface area (Å²) in [6.45, 7) is 16.9. The first-order valence-electron chi connectivity index (χ1n) is 9.74. The maximum atomic E-state index is 2.66. The number of hydrogen-bond acceptors (Lipinski definition) is 4. The topological polar surface area (TPSA) is 13.0 Å². The van der Waals surface area contributed by atoms with Gasteiger partial charge in [0.15, 0.2) is 0 Å². The van der Waals surface area contributed by atoms with Gasteiger partial charge in [-0.05, 0) is 39.3 Å². The largest absolute Gasteiger partial charge is 0.378 e. The average Bonchev–Trinajstić information content (AvgIpc) is 2.60. The molecule has 4 heteroatoms. The van der Waals surface area contributed by atoms with E-state index < -0.39 is 0 Å². The molecule has 2 fully saturated rings. The highest BCUT2D eigenvalue weighted by Gasteiger charge is 2.17. The summed E-state index contributed by atoms with van der Waals surface area (Å²) in [6, 6.07) is 0. The lowest BCUT2D eigenvalue weighted by Gasteiger charge is -2.36. The summed E-state index contributed by atoms with van der Waals surface area (Å²) < 4.78 is 0. The molecule has 134 valence electrons. The van der Waals surface area contributed by atoms with Crippen molar-refractivity contribution in [1.82, 2.24) is 19.6 Å². The molecule has 0 radical (unpaired) electrons. The lowest BCUT2D eigenvalue weighted by atomic mass is 10.1. The molecule has 0 amide bonds. The Morgan fingerprint density at radius 3 is 2.04 bits per heavy atom. The van der Waals surface area contributed by atoms with Crippen LogP contribution in [-0.2, 0) is 0 Å². The van der Waals surface area contributed by atoms with Gasteiger partial charge in [-0.25, -0.2) is 0 Å². The summed E-state index contributed by atoms with van der Waals surface area (Å²) in [5.41, 5.74) is 1.42. The Morgan fingerprint density at radius 2 is 1.43 bits per heavy atom. The number of likely N-dealkylation sites (tertiary alicyclic amines) is 1. The molecule has 2 aliphatic rings. The average molecular weight is 323 g/mol. The van der Waals surface area contributed by atoms with Gasteiger partial charge in [-0.1, -0.05) is 19.4 Å². The summed E-state index contributed by atoms with van der Waals surface area (Å²) in [6.07, 6.45) is 7.88. The quantitative estimate of drug-likeness (QED) is 0.680. The first-order chi connectivity index (χ1) is 11.2. The van der Waals surface area contributed by atoms with E-state index in [9.17, 15) is 0 Å². The van der Waals surface area contributed by atoms with Gasteiger partial charge < -0.3 is 9.80 Å². The molecule has 0 N–H and O–H groups in total. The molecular weight excluding hydrogens is 284 g/mol. The van der Waals surface area contributed by atoms with Crippen LogP contribution < -0.4 is 0 Å². The lowest BCUT2D eigenvalue weighted by molar-refractivity contribution is 0.120. The molecule has 0 bridgehead atoms. The van der Waals surface area contributed by atoms with Crippen molar-refractivity contribution in [1.29, 1.82) is 0 Å². The first kappa shape index (κ1) is 18.8. The van der Waals surface area contributed by atoms with E-state index in [1.54, 1.807) is 0 Å². The van der Waals surface area contributed by atoms with E-state index in [1.807, 2.05) is 0 Å². The Bertz CT molecular complexity index is 341. The van der Waals surface area contributed by atoms with Crippen LogP contribution in [-0.4, -0.2) is 92.1 Å². The van der Waals surface area contributed by atoms with E-state index in [-0.39, 0.29) is 0 Å². The zero-order chi connectivity index (χ0) is 16.5. The standard InChI is InChI=1S/C19H38N4/c1-4-9-20(3)19(2)8-12-22-14-17-23(18-15-22)16-13-21-10-6-5-7-11-21/h8H,4-7,9-18H2,1-3H3/b19-8-. The highest BCUT2D eigenvalue weighted by Crippen LogP contribution is 2.09. The molecule has 2 aliphatic heterocycles. The molecule has 2 saturated heterocycles. The van der Waals surface area contributed by atoms with E-state index in [4.69, 9.17) is 0 Å². The second-order valence-corrected chi connectivity index (χ2v) is 7.31. The third kappa shape index (κ3) is 6.82. The van der Waals surface area contributed by atoms with Gasteiger partial charge in [-0.15, -0.1) is 0 Å². The van der Waals surface area contributed by atoms with Crippen LogP contribution >= 0.6 is 0 Å². The van der Waals surface area contributed by atoms with Crippen molar-refractivity contribution in [2.75, 3.05) is 72.5 Å². The fraction of sp³-hybridized carbons (Fsp3) is 0.895. The van der Waals surface area contributed by atoms with Crippen LogP contribution in [0.25, 0.3) is 0 Å². The molecular formula is C19H38N4. The number of rotatable bonds is 8. The van der Waals surface area contributed by atoms with E-state index in [0.29, 0.717) is 0 Å². The van der Waals surface area contributed by atoms with E-state index in [2.05, 4.69) is 46.6 Å². The van der Waals surface area contributed by atoms with Crippen LogP contribution in [0.4, 0.5) is 0 Å². The fourth-order valence-corrected chi connectivity index (χ4v) is 3.59. The van der Waals surface area contributed by atoms with Crippen LogP contribution in [0.1, 0.15) is 39.5 Å². The molecule has 2 heterocycles. The molecule has 0 aliphatic carbocycles. The van der Waals surface area contributed by atoms with Gasteiger partial charge >= 0.3 is 0 Å². The molecule has 0 saturated carbocycles. The molecule has 0 aromatic carbocycles. The van der Waals surface area contributed by atoms with Crippen molar-refractivity contribution in [3.05, 3.63) is 11.8 Å². The van der Waals surface area contributed by atoms with E-state index in [0.717, 1.165) is 13.1 Å². The molecule has 0 aromatic rings. The van der Waals surface area contributed by atoms with E-state index in [1.165, 1.54) is 83.7 Å². The summed E-state index contributed by atoms with van der Waals surface area (Å²) >= 11 is 0. The first-order valence-corrected chi connectivity index (χ1v) is 9.74. The third-order valence-corrected chi connectivity index (χ3v) is 5.45. The molecule has 4 nitrogen and oxygen atoms in total. The molecule has 2 rings (SSSR count). The number of hydrogen-bond donors (Lipinski definition) is 0. The molecule has 0 unspecified atom stereocenters. The van der Waals surface area contributed by atoms with Crippen LogP contribution in [0.2, 0.25) is 0 Å². The minimum absolute atomic E-state index is 1.11. The lowest BCUT2D eigenvalue weighted by Crippen LogP contribution is -2.48. The molecule has 0 spiro atoms. The maximum Gasteiger partial charge on any atom is 0.0184 e. The predicted molar refractivity (Wildman–Crippen MR) is 99.8 cm³/mol. The van der Waals surface area contributed by atoms with E-state index >= 15 is 0 Å². The van der Waals surface area contributed by atoms with Gasteiger partial charge in [-0.3, -0.25) is 9.80 Å². The van der Waals surface area contributed by atoms with Gasteiger partial charge in [0.1, 0.15) is 0 Å². The SMILES string of the molecule is CCCN(C)/C(C)=C\CN1CCN(CCN2CCCCC2)CC1. The molecule has 23 heavy (non-hydrogen) atoms. The van der Waals surface area contributed by atoms with Crippen LogP contribution in [0.3, 0.4) is 0 Å². The van der Waals surface area contributed by atoms with Gasteiger partial charge in [0, 0.05) is 65.1 Å². The second kappa shape index (κ2) is 10.3. The van der Waals surface area contributed by atoms with Crippen molar-refractivity contribution >= 4 is 0 Å². The monoisotopic (exact) mass is 322 g/mol. The number of piperidine rings is 1. The molecule has 0 atom stereocenters. The third-order valence-electron chi connectivity index (χ3n) is 5.45.